The molecule has 8 heteroatoms. The van der Waals surface area contributed by atoms with Crippen LogP contribution in [0.25, 0.3) is 0 Å². The van der Waals surface area contributed by atoms with Crippen molar-refractivity contribution in [3.63, 3.8) is 0 Å². The fourth-order valence-corrected chi connectivity index (χ4v) is 2.39. The first-order chi connectivity index (χ1) is 9.95. The van der Waals surface area contributed by atoms with Gasteiger partial charge in [-0.15, -0.1) is 0 Å². The first-order valence-corrected chi connectivity index (χ1v) is 6.92. The lowest BCUT2D eigenvalue weighted by Gasteiger charge is -2.29. The standard InChI is InChI=1S/C13H21N5O3/c1-17-5-3-10(4-6-17)15-13(21)16-11(12(19)20)9-7-14-18(2)8-9/h7-8,10-11H,3-6H2,1-2H3,(H,19,20)(H2,15,16,21). The number of nitrogens with zero attached hydrogens (tertiary/aromatic N) is 3. The van der Waals surface area contributed by atoms with Gasteiger partial charge in [0, 0.05) is 24.8 Å². The van der Waals surface area contributed by atoms with Gasteiger partial charge in [-0.2, -0.15) is 5.10 Å². The zero-order chi connectivity index (χ0) is 15.4. The molecule has 0 bridgehead atoms. The van der Waals surface area contributed by atoms with E-state index in [0.717, 1.165) is 25.9 Å². The molecule has 0 aliphatic carbocycles. The number of amides is 2. The average molecular weight is 295 g/mol. The summed E-state index contributed by atoms with van der Waals surface area (Å²) in [5.74, 6) is -1.11. The maximum absolute atomic E-state index is 12.0. The van der Waals surface area contributed by atoms with Gasteiger partial charge in [0.25, 0.3) is 0 Å². The number of hydrogen-bond donors (Lipinski definition) is 3. The summed E-state index contributed by atoms with van der Waals surface area (Å²) in [6, 6.07) is -1.46. The summed E-state index contributed by atoms with van der Waals surface area (Å²) in [7, 11) is 3.74. The zero-order valence-corrected chi connectivity index (χ0v) is 12.2. The Kier molecular flexibility index (Phi) is 4.79. The van der Waals surface area contributed by atoms with Gasteiger partial charge in [0.1, 0.15) is 0 Å². The summed E-state index contributed by atoms with van der Waals surface area (Å²) in [4.78, 5) is 25.5. The Bertz CT molecular complexity index is 508. The predicted octanol–water partition coefficient (Wildman–Crippen LogP) is -0.0608. The summed E-state index contributed by atoms with van der Waals surface area (Å²) in [6.07, 6.45) is 4.76. The highest BCUT2D eigenvalue weighted by molar-refractivity contribution is 5.83. The molecule has 0 aromatic carbocycles. The molecule has 2 rings (SSSR count). The Morgan fingerprint density at radius 2 is 2.05 bits per heavy atom. The van der Waals surface area contributed by atoms with Gasteiger partial charge in [0.2, 0.25) is 0 Å². The fraction of sp³-hybridized carbons (Fsp3) is 0.615. The molecule has 0 saturated carbocycles. The predicted molar refractivity (Wildman–Crippen MR) is 75.8 cm³/mol. The first kappa shape index (κ1) is 15.3. The first-order valence-electron chi connectivity index (χ1n) is 6.92. The smallest absolute Gasteiger partial charge is 0.331 e. The number of carbonyl (C=O) groups is 2. The van der Waals surface area contributed by atoms with E-state index in [0.29, 0.717) is 5.56 Å². The van der Waals surface area contributed by atoms with E-state index in [1.807, 2.05) is 7.05 Å². The molecule has 1 aliphatic rings. The number of urea groups is 1. The molecule has 1 saturated heterocycles. The van der Waals surface area contributed by atoms with Gasteiger partial charge in [0.15, 0.2) is 6.04 Å². The highest BCUT2D eigenvalue weighted by atomic mass is 16.4. The molecule has 1 aromatic rings. The van der Waals surface area contributed by atoms with Crippen LogP contribution in [0.15, 0.2) is 12.4 Å². The normalized spacial score (nSPS) is 18.2. The second-order valence-electron chi connectivity index (χ2n) is 5.41. The van der Waals surface area contributed by atoms with Gasteiger partial charge in [-0.3, -0.25) is 4.68 Å². The van der Waals surface area contributed by atoms with E-state index in [1.165, 1.54) is 10.9 Å². The molecule has 1 atom stereocenters. The summed E-state index contributed by atoms with van der Waals surface area (Å²) in [5, 5.41) is 18.5. The summed E-state index contributed by atoms with van der Waals surface area (Å²) >= 11 is 0. The molecule has 116 valence electrons. The van der Waals surface area contributed by atoms with E-state index in [4.69, 9.17) is 0 Å². The monoisotopic (exact) mass is 295 g/mol. The van der Waals surface area contributed by atoms with Crippen molar-refractivity contribution in [2.75, 3.05) is 20.1 Å². The Hall–Kier alpha value is -2.09. The third-order valence-electron chi connectivity index (χ3n) is 3.63. The van der Waals surface area contributed by atoms with Crippen LogP contribution in [0.5, 0.6) is 0 Å². The number of carboxylic acid groups (broad SMARTS) is 1. The van der Waals surface area contributed by atoms with E-state index in [-0.39, 0.29) is 6.04 Å². The number of carboxylic acids is 1. The van der Waals surface area contributed by atoms with E-state index in [9.17, 15) is 14.7 Å². The Morgan fingerprint density at radius 3 is 2.57 bits per heavy atom. The number of likely N-dealkylation sites (tertiary alicyclic amines) is 1. The summed E-state index contributed by atoms with van der Waals surface area (Å²) < 4.78 is 1.50. The van der Waals surface area contributed by atoms with Gasteiger partial charge in [0.05, 0.1) is 6.20 Å². The zero-order valence-electron chi connectivity index (χ0n) is 12.2. The highest BCUT2D eigenvalue weighted by Crippen LogP contribution is 2.12. The van der Waals surface area contributed by atoms with Gasteiger partial charge >= 0.3 is 12.0 Å². The third-order valence-corrected chi connectivity index (χ3v) is 3.63. The van der Waals surface area contributed by atoms with Crippen molar-refractivity contribution in [2.45, 2.75) is 24.9 Å². The third kappa shape index (κ3) is 4.19. The number of nitrogens with one attached hydrogen (secondary N) is 2. The highest BCUT2D eigenvalue weighted by Gasteiger charge is 2.25. The van der Waals surface area contributed by atoms with Crippen LogP contribution in [0, 0.1) is 0 Å². The van der Waals surface area contributed by atoms with Gasteiger partial charge in [-0.1, -0.05) is 0 Å². The minimum Gasteiger partial charge on any atom is -0.479 e. The number of aryl methyl sites for hydroxylation is 1. The molecule has 2 heterocycles. The van der Waals surface area contributed by atoms with E-state index >= 15 is 0 Å². The van der Waals surface area contributed by atoms with Crippen molar-refractivity contribution in [1.29, 1.82) is 0 Å². The number of aromatic nitrogens is 2. The van der Waals surface area contributed by atoms with Gasteiger partial charge in [-0.05, 0) is 33.0 Å². The molecular weight excluding hydrogens is 274 g/mol. The molecule has 8 nitrogen and oxygen atoms in total. The van der Waals surface area contributed by atoms with E-state index in [1.54, 1.807) is 13.2 Å². The molecule has 0 spiro atoms. The number of hydrogen-bond acceptors (Lipinski definition) is 4. The molecule has 1 unspecified atom stereocenters. The maximum Gasteiger partial charge on any atom is 0.331 e. The topological polar surface area (TPSA) is 99.5 Å². The second-order valence-corrected chi connectivity index (χ2v) is 5.41. The summed E-state index contributed by atoms with van der Waals surface area (Å²) in [5.41, 5.74) is 0.448. The second kappa shape index (κ2) is 6.57. The average Bonchev–Trinajstić information content (AvgIpc) is 2.85. The lowest BCUT2D eigenvalue weighted by Crippen LogP contribution is -2.48. The Labute approximate surface area is 123 Å². The van der Waals surface area contributed by atoms with Crippen LogP contribution in [-0.4, -0.2) is 58.0 Å². The number of carbonyl (C=O) groups excluding carboxylic acids is 1. The molecule has 1 fully saturated rings. The Balaban J connectivity index is 1.91. The molecule has 2 amide bonds. The molecule has 1 aromatic heterocycles. The van der Waals surface area contributed by atoms with Crippen molar-refractivity contribution < 1.29 is 14.7 Å². The van der Waals surface area contributed by atoms with Crippen molar-refractivity contribution in [2.24, 2.45) is 7.05 Å². The molecular formula is C13H21N5O3. The van der Waals surface area contributed by atoms with Crippen molar-refractivity contribution in [3.8, 4) is 0 Å². The maximum atomic E-state index is 12.0. The van der Waals surface area contributed by atoms with Crippen LogP contribution >= 0.6 is 0 Å². The minimum absolute atomic E-state index is 0.0875. The number of rotatable bonds is 4. The largest absolute Gasteiger partial charge is 0.479 e. The lowest BCUT2D eigenvalue weighted by molar-refractivity contribution is -0.139. The van der Waals surface area contributed by atoms with E-state index < -0.39 is 18.0 Å². The van der Waals surface area contributed by atoms with Crippen LogP contribution in [0.3, 0.4) is 0 Å². The van der Waals surface area contributed by atoms with Crippen molar-refractivity contribution >= 4 is 12.0 Å². The van der Waals surface area contributed by atoms with Crippen LogP contribution in [0.1, 0.15) is 24.4 Å². The van der Waals surface area contributed by atoms with Crippen LogP contribution in [0.2, 0.25) is 0 Å². The van der Waals surface area contributed by atoms with Gasteiger partial charge < -0.3 is 20.6 Å². The van der Waals surface area contributed by atoms with Crippen LogP contribution < -0.4 is 10.6 Å². The van der Waals surface area contributed by atoms with Crippen LogP contribution in [-0.2, 0) is 11.8 Å². The molecule has 0 radical (unpaired) electrons. The van der Waals surface area contributed by atoms with Crippen molar-refractivity contribution in [3.05, 3.63) is 18.0 Å². The molecule has 21 heavy (non-hydrogen) atoms. The lowest BCUT2D eigenvalue weighted by atomic mass is 10.1. The quantitative estimate of drug-likeness (QED) is 0.722. The fourth-order valence-electron chi connectivity index (χ4n) is 2.39. The number of piperidine rings is 1. The number of aliphatic carboxylic acids is 1. The Morgan fingerprint density at radius 1 is 1.38 bits per heavy atom. The summed E-state index contributed by atoms with van der Waals surface area (Å²) in [6.45, 7) is 1.85. The van der Waals surface area contributed by atoms with E-state index in [2.05, 4.69) is 20.6 Å². The molecule has 1 aliphatic heterocycles. The van der Waals surface area contributed by atoms with Crippen molar-refractivity contribution in [1.82, 2.24) is 25.3 Å². The molecule has 3 N–H and O–H groups in total. The SMILES string of the molecule is CN1CCC(NC(=O)NC(C(=O)O)c2cnn(C)c2)CC1. The van der Waals surface area contributed by atoms with Gasteiger partial charge in [-0.25, -0.2) is 9.59 Å². The minimum atomic E-state index is -1.11. The van der Waals surface area contributed by atoms with Crippen LogP contribution in [0.4, 0.5) is 4.79 Å².